The quantitative estimate of drug-likeness (QED) is 0.635. The molecule has 106 valence electrons. The van der Waals surface area contributed by atoms with E-state index in [0.717, 1.165) is 16.8 Å². The molecule has 0 amide bonds. The van der Waals surface area contributed by atoms with Gasteiger partial charge in [-0.15, -0.1) is 0 Å². The van der Waals surface area contributed by atoms with Gasteiger partial charge in [0.1, 0.15) is 0 Å². The van der Waals surface area contributed by atoms with Gasteiger partial charge in [-0.2, -0.15) is 0 Å². The van der Waals surface area contributed by atoms with Crippen LogP contribution in [0.15, 0.2) is 42.6 Å². The number of nitrogens with zero attached hydrogens (tertiary/aromatic N) is 2. The fourth-order valence-electron chi connectivity index (χ4n) is 1.87. The predicted molar refractivity (Wildman–Crippen MR) is 82.4 cm³/mol. The molecule has 5 nitrogen and oxygen atoms in total. The molecule has 0 aliphatic rings. The molecule has 0 saturated carbocycles. The van der Waals surface area contributed by atoms with Crippen LogP contribution in [0.25, 0.3) is 22.3 Å². The highest BCUT2D eigenvalue weighted by atomic mass is 16.5. The first kappa shape index (κ1) is 14.4. The van der Waals surface area contributed by atoms with Crippen LogP contribution >= 0.6 is 0 Å². The van der Waals surface area contributed by atoms with Crippen molar-refractivity contribution >= 4 is 6.08 Å². The van der Waals surface area contributed by atoms with E-state index < -0.39 is 0 Å². The number of aromatic nitrogens is 1. The van der Waals surface area contributed by atoms with E-state index in [9.17, 15) is 5.21 Å². The predicted octanol–water partition coefficient (Wildman–Crippen LogP) is 3.61. The Morgan fingerprint density at radius 2 is 1.95 bits per heavy atom. The molecule has 1 aromatic carbocycles. The van der Waals surface area contributed by atoms with Crippen molar-refractivity contribution in [2.75, 3.05) is 14.2 Å². The minimum atomic E-state index is 0.643. The van der Waals surface area contributed by atoms with E-state index in [1.807, 2.05) is 30.3 Å². The summed E-state index contributed by atoms with van der Waals surface area (Å²) in [4.78, 5) is 4.33. The zero-order chi connectivity index (χ0) is 15.1. The average molecular weight is 282 g/mol. The molecule has 2 aromatic rings. The Bertz CT molecular complexity index is 715. The third kappa shape index (κ3) is 3.51. The minimum absolute atomic E-state index is 0.643. The SMILES string of the molecule is COc1ccc(-c2cc(/C=C\C#[N+][O-])ccn2)cc1OC. The highest BCUT2D eigenvalue weighted by molar-refractivity contribution is 5.67. The molecule has 1 heterocycles. The van der Waals surface area contributed by atoms with Crippen molar-refractivity contribution in [1.29, 1.82) is 0 Å². The third-order valence-electron chi connectivity index (χ3n) is 2.87. The van der Waals surface area contributed by atoms with Crippen LogP contribution in [0.3, 0.4) is 0 Å². The molecule has 0 N–H and O–H groups in total. The summed E-state index contributed by atoms with van der Waals surface area (Å²) < 4.78 is 10.5. The molecule has 0 aliphatic heterocycles. The third-order valence-corrected chi connectivity index (χ3v) is 2.87. The standard InChI is InChI=1S/C16H14N2O3/c1-20-15-6-5-13(11-16(15)21-2)14-10-12(7-9-17-14)4-3-8-18-19/h3-7,9-11H,1-2H3/b4-3-. The summed E-state index contributed by atoms with van der Waals surface area (Å²) in [6, 6.07) is 11.5. The largest absolute Gasteiger partial charge is 0.498 e. The van der Waals surface area contributed by atoms with Gasteiger partial charge in [0.25, 0.3) is 0 Å². The van der Waals surface area contributed by atoms with Gasteiger partial charge in [0, 0.05) is 16.8 Å². The molecule has 0 radical (unpaired) electrons. The van der Waals surface area contributed by atoms with Gasteiger partial charge in [-0.3, -0.25) is 4.98 Å². The van der Waals surface area contributed by atoms with E-state index in [1.54, 1.807) is 26.5 Å². The van der Waals surface area contributed by atoms with Crippen LogP contribution in [0.4, 0.5) is 0 Å². The monoisotopic (exact) mass is 282 g/mol. The van der Waals surface area contributed by atoms with Crippen molar-refractivity contribution in [3.63, 3.8) is 0 Å². The molecule has 21 heavy (non-hydrogen) atoms. The topological polar surface area (TPSA) is 58.8 Å². The first-order valence-corrected chi connectivity index (χ1v) is 6.21. The second kappa shape index (κ2) is 6.96. The maximum atomic E-state index is 9.96. The summed E-state index contributed by atoms with van der Waals surface area (Å²) in [5.74, 6) is 1.31. The molecule has 0 bridgehead atoms. The number of benzene rings is 1. The lowest BCUT2D eigenvalue weighted by molar-refractivity contribution is 0.355. The van der Waals surface area contributed by atoms with Crippen LogP contribution < -0.4 is 9.47 Å². The number of methoxy groups -OCH3 is 2. The molecule has 0 spiro atoms. The lowest BCUT2D eigenvalue weighted by Crippen LogP contribution is -1.91. The summed E-state index contributed by atoms with van der Waals surface area (Å²) >= 11 is 0. The Hall–Kier alpha value is -3.00. The van der Waals surface area contributed by atoms with Crippen molar-refractivity contribution in [3.8, 4) is 28.8 Å². The molecule has 0 fully saturated rings. The van der Waals surface area contributed by atoms with E-state index in [-0.39, 0.29) is 0 Å². The summed E-state index contributed by atoms with van der Waals surface area (Å²) in [5, 5.41) is 12.5. The second-order valence-corrected chi connectivity index (χ2v) is 4.10. The van der Waals surface area contributed by atoms with Crippen molar-refractivity contribution in [2.24, 2.45) is 0 Å². The van der Waals surface area contributed by atoms with Gasteiger partial charge in [-0.1, -0.05) is 0 Å². The smallest absolute Gasteiger partial charge is 0.328 e. The van der Waals surface area contributed by atoms with Crippen LogP contribution in [0, 0.1) is 11.3 Å². The maximum absolute atomic E-state index is 9.96. The second-order valence-electron chi connectivity index (χ2n) is 4.10. The van der Waals surface area contributed by atoms with Gasteiger partial charge >= 0.3 is 6.07 Å². The first-order chi connectivity index (χ1) is 10.3. The van der Waals surface area contributed by atoms with Crippen molar-refractivity contribution < 1.29 is 9.47 Å². The summed E-state index contributed by atoms with van der Waals surface area (Å²) in [7, 11) is 3.18. The van der Waals surface area contributed by atoms with Gasteiger partial charge in [0.05, 0.1) is 26.0 Å². The summed E-state index contributed by atoms with van der Waals surface area (Å²) in [6.45, 7) is 0. The van der Waals surface area contributed by atoms with E-state index >= 15 is 0 Å². The van der Waals surface area contributed by atoms with Gasteiger partial charge in [0.2, 0.25) is 0 Å². The molecule has 5 heteroatoms. The lowest BCUT2D eigenvalue weighted by Gasteiger charge is -2.09. The van der Waals surface area contributed by atoms with E-state index in [4.69, 9.17) is 9.47 Å². The van der Waals surface area contributed by atoms with Gasteiger partial charge in [0.15, 0.2) is 11.5 Å². The van der Waals surface area contributed by atoms with Gasteiger partial charge in [-0.25, -0.2) is 0 Å². The Morgan fingerprint density at radius 1 is 1.14 bits per heavy atom. The first-order valence-electron chi connectivity index (χ1n) is 6.21. The number of allylic oxidation sites excluding steroid dienone is 1. The molecule has 0 saturated heterocycles. The fourth-order valence-corrected chi connectivity index (χ4v) is 1.87. The van der Waals surface area contributed by atoms with E-state index in [2.05, 4.69) is 16.1 Å². The molecule has 0 atom stereocenters. The Morgan fingerprint density at radius 3 is 2.67 bits per heavy atom. The van der Waals surface area contributed by atoms with Crippen LogP contribution in [-0.4, -0.2) is 19.2 Å². The summed E-state index contributed by atoms with van der Waals surface area (Å²) in [5.41, 5.74) is 2.59. The zero-order valence-electron chi connectivity index (χ0n) is 11.7. The van der Waals surface area contributed by atoms with Crippen LogP contribution in [-0.2, 0) is 0 Å². The van der Waals surface area contributed by atoms with E-state index in [0.29, 0.717) is 11.5 Å². The van der Waals surface area contributed by atoms with E-state index in [1.165, 1.54) is 6.08 Å². The maximum Gasteiger partial charge on any atom is 0.328 e. The average Bonchev–Trinajstić information content (AvgIpc) is 2.54. The zero-order valence-corrected chi connectivity index (χ0v) is 11.7. The molecule has 0 aliphatic carbocycles. The number of rotatable bonds is 4. The van der Waals surface area contributed by atoms with Crippen molar-refractivity contribution in [2.45, 2.75) is 0 Å². The van der Waals surface area contributed by atoms with Crippen LogP contribution in [0.5, 0.6) is 11.5 Å². The molecule has 0 unspecified atom stereocenters. The number of pyridine rings is 1. The van der Waals surface area contributed by atoms with Gasteiger partial charge in [-0.05, 0) is 42.0 Å². The number of hydrogen-bond acceptors (Lipinski definition) is 4. The van der Waals surface area contributed by atoms with Crippen molar-refractivity contribution in [3.05, 3.63) is 58.4 Å². The van der Waals surface area contributed by atoms with Crippen LogP contribution in [0.1, 0.15) is 5.56 Å². The van der Waals surface area contributed by atoms with Crippen LogP contribution in [0.2, 0.25) is 0 Å². The Kier molecular flexibility index (Phi) is 4.78. The molecule has 1 aromatic heterocycles. The molecule has 2 rings (SSSR count). The van der Waals surface area contributed by atoms with Crippen molar-refractivity contribution in [1.82, 2.24) is 4.98 Å². The number of hydrogen-bond donors (Lipinski definition) is 0. The normalized spacial score (nSPS) is 10.0. The molecular weight excluding hydrogens is 268 g/mol. The number of ether oxygens (including phenoxy) is 2. The summed E-state index contributed by atoms with van der Waals surface area (Å²) in [6.07, 6.45) is 4.88. The lowest BCUT2D eigenvalue weighted by atomic mass is 10.1. The highest BCUT2D eigenvalue weighted by Gasteiger charge is 2.07. The Balaban J connectivity index is 2.37. The minimum Gasteiger partial charge on any atom is -0.498 e. The highest BCUT2D eigenvalue weighted by Crippen LogP contribution is 2.31. The molecular formula is C16H14N2O3. The van der Waals surface area contributed by atoms with Gasteiger partial charge < -0.3 is 14.7 Å². The fraction of sp³-hybridized carbons (Fsp3) is 0.125. The Labute approximate surface area is 122 Å².